The summed E-state index contributed by atoms with van der Waals surface area (Å²) in [5.41, 5.74) is 0. The number of hydrogen-bond acceptors (Lipinski definition) is 2. The van der Waals surface area contributed by atoms with E-state index in [1.807, 2.05) is 0 Å². The minimum absolute atomic E-state index is 0.327. The van der Waals surface area contributed by atoms with Gasteiger partial charge in [-0.25, -0.2) is 0 Å². The molecule has 0 radical (unpaired) electrons. The number of unbranched alkanes of at least 4 members (excludes halogenated alkanes) is 12. The fraction of sp³-hybridized carbons (Fsp3) is 1.00. The van der Waals surface area contributed by atoms with Crippen LogP contribution in [0.2, 0.25) is 12.6 Å². The lowest BCUT2D eigenvalue weighted by Crippen LogP contribution is -2.43. The van der Waals surface area contributed by atoms with E-state index >= 15 is 0 Å². The normalized spacial score (nSPS) is 16.2. The SMILES string of the molecule is CCCCCCCCCCCCCCC[Si](C)(OC(C)CC)OC(C)CC. The van der Waals surface area contributed by atoms with Gasteiger partial charge in [-0.2, -0.15) is 0 Å². The highest BCUT2D eigenvalue weighted by Crippen LogP contribution is 2.24. The molecule has 0 bridgehead atoms. The average molecular weight is 401 g/mol. The summed E-state index contributed by atoms with van der Waals surface area (Å²) in [6.45, 7) is 13.4. The first-order chi connectivity index (χ1) is 13.0. The summed E-state index contributed by atoms with van der Waals surface area (Å²) < 4.78 is 12.8. The highest BCUT2D eigenvalue weighted by atomic mass is 28.4. The van der Waals surface area contributed by atoms with Crippen LogP contribution in [0.3, 0.4) is 0 Å². The predicted molar refractivity (Wildman–Crippen MR) is 124 cm³/mol. The van der Waals surface area contributed by atoms with Crippen LogP contribution in [0.25, 0.3) is 0 Å². The predicted octanol–water partition coefficient (Wildman–Crippen LogP) is 8.78. The summed E-state index contributed by atoms with van der Waals surface area (Å²) in [5.74, 6) is 0. The fourth-order valence-electron chi connectivity index (χ4n) is 3.63. The molecule has 0 aromatic heterocycles. The third-order valence-electron chi connectivity index (χ3n) is 5.79. The zero-order valence-electron chi connectivity index (χ0n) is 19.8. The Bertz CT molecular complexity index is 297. The minimum atomic E-state index is -2.02. The Balaban J connectivity index is 3.73. The van der Waals surface area contributed by atoms with Crippen LogP contribution in [0.1, 0.15) is 131 Å². The van der Waals surface area contributed by atoms with Crippen molar-refractivity contribution in [3.8, 4) is 0 Å². The van der Waals surface area contributed by atoms with E-state index in [2.05, 4.69) is 41.2 Å². The van der Waals surface area contributed by atoms with Gasteiger partial charge >= 0.3 is 8.56 Å². The molecular weight excluding hydrogens is 348 g/mol. The van der Waals surface area contributed by atoms with Gasteiger partial charge in [0.1, 0.15) is 0 Å². The van der Waals surface area contributed by atoms with Crippen LogP contribution in [0.4, 0.5) is 0 Å². The van der Waals surface area contributed by atoms with Crippen LogP contribution in [0.5, 0.6) is 0 Å². The molecule has 164 valence electrons. The Labute approximate surface area is 173 Å². The zero-order chi connectivity index (χ0) is 20.4. The van der Waals surface area contributed by atoms with Gasteiger partial charge in [0.15, 0.2) is 0 Å². The molecule has 3 heteroatoms. The van der Waals surface area contributed by atoms with Crippen molar-refractivity contribution in [3.63, 3.8) is 0 Å². The van der Waals surface area contributed by atoms with Crippen LogP contribution >= 0.6 is 0 Å². The third kappa shape index (κ3) is 16.8. The molecule has 0 fully saturated rings. The first-order valence-corrected chi connectivity index (χ1v) is 14.8. The van der Waals surface area contributed by atoms with Gasteiger partial charge in [0.25, 0.3) is 0 Å². The maximum absolute atomic E-state index is 6.38. The molecule has 0 aliphatic rings. The second-order valence-corrected chi connectivity index (χ2v) is 12.0. The van der Waals surface area contributed by atoms with Gasteiger partial charge in [-0.05, 0) is 39.3 Å². The third-order valence-corrected chi connectivity index (χ3v) is 8.85. The highest BCUT2D eigenvalue weighted by Gasteiger charge is 2.34. The van der Waals surface area contributed by atoms with Crippen molar-refractivity contribution >= 4 is 8.56 Å². The second-order valence-electron chi connectivity index (χ2n) is 8.80. The summed E-state index contributed by atoms with van der Waals surface area (Å²) in [4.78, 5) is 0. The lowest BCUT2D eigenvalue weighted by atomic mass is 10.1. The Morgan fingerprint density at radius 2 is 0.889 bits per heavy atom. The molecule has 0 amide bonds. The first-order valence-electron chi connectivity index (χ1n) is 12.3. The van der Waals surface area contributed by atoms with Crippen LogP contribution in [-0.4, -0.2) is 20.8 Å². The van der Waals surface area contributed by atoms with Crippen molar-refractivity contribution in [2.45, 2.75) is 156 Å². The molecule has 0 saturated carbocycles. The van der Waals surface area contributed by atoms with Gasteiger partial charge in [-0.3, -0.25) is 0 Å². The van der Waals surface area contributed by atoms with Crippen LogP contribution < -0.4 is 0 Å². The molecule has 0 aliphatic heterocycles. The van der Waals surface area contributed by atoms with E-state index in [1.54, 1.807) is 0 Å². The molecule has 0 aliphatic carbocycles. The Kier molecular flexibility index (Phi) is 18.3. The van der Waals surface area contributed by atoms with Crippen LogP contribution in [0, 0.1) is 0 Å². The highest BCUT2D eigenvalue weighted by molar-refractivity contribution is 6.66. The molecule has 2 unspecified atom stereocenters. The van der Waals surface area contributed by atoms with Crippen molar-refractivity contribution in [1.29, 1.82) is 0 Å². The van der Waals surface area contributed by atoms with Gasteiger partial charge in [0.2, 0.25) is 0 Å². The molecule has 0 aromatic carbocycles. The van der Waals surface area contributed by atoms with Crippen molar-refractivity contribution in [3.05, 3.63) is 0 Å². The summed E-state index contributed by atoms with van der Waals surface area (Å²) in [7, 11) is -2.02. The van der Waals surface area contributed by atoms with Gasteiger partial charge in [-0.15, -0.1) is 0 Å². The zero-order valence-corrected chi connectivity index (χ0v) is 20.8. The maximum Gasteiger partial charge on any atom is 0.335 e. The van der Waals surface area contributed by atoms with E-state index < -0.39 is 8.56 Å². The van der Waals surface area contributed by atoms with Crippen molar-refractivity contribution < 1.29 is 8.85 Å². The minimum Gasteiger partial charge on any atom is -0.392 e. The molecule has 0 rings (SSSR count). The van der Waals surface area contributed by atoms with E-state index in [0.717, 1.165) is 18.9 Å². The van der Waals surface area contributed by atoms with Crippen LogP contribution in [0.15, 0.2) is 0 Å². The molecule has 0 saturated heterocycles. The lowest BCUT2D eigenvalue weighted by Gasteiger charge is -2.32. The van der Waals surface area contributed by atoms with E-state index in [9.17, 15) is 0 Å². The van der Waals surface area contributed by atoms with E-state index in [4.69, 9.17) is 8.85 Å². The smallest absolute Gasteiger partial charge is 0.335 e. The Morgan fingerprint density at radius 3 is 1.22 bits per heavy atom. The topological polar surface area (TPSA) is 18.5 Å². The molecule has 0 spiro atoms. The molecule has 2 atom stereocenters. The number of rotatable bonds is 20. The van der Waals surface area contributed by atoms with E-state index in [1.165, 1.54) is 83.5 Å². The molecule has 0 N–H and O–H groups in total. The summed E-state index contributed by atoms with van der Waals surface area (Å²) in [6.07, 6.45) is 21.1. The second kappa shape index (κ2) is 18.2. The number of hydrogen-bond donors (Lipinski definition) is 0. The molecule has 27 heavy (non-hydrogen) atoms. The van der Waals surface area contributed by atoms with Crippen molar-refractivity contribution in [2.24, 2.45) is 0 Å². The molecular formula is C24H52O2Si. The van der Waals surface area contributed by atoms with E-state index in [0.29, 0.717) is 12.2 Å². The summed E-state index contributed by atoms with van der Waals surface area (Å²) in [6, 6.07) is 1.15. The Morgan fingerprint density at radius 1 is 0.556 bits per heavy atom. The largest absolute Gasteiger partial charge is 0.392 e. The van der Waals surface area contributed by atoms with Gasteiger partial charge < -0.3 is 8.85 Å². The van der Waals surface area contributed by atoms with Crippen molar-refractivity contribution in [1.82, 2.24) is 0 Å². The average Bonchev–Trinajstić information content (AvgIpc) is 2.65. The van der Waals surface area contributed by atoms with E-state index in [-0.39, 0.29) is 0 Å². The van der Waals surface area contributed by atoms with Gasteiger partial charge in [-0.1, -0.05) is 104 Å². The Hall–Kier alpha value is 0.137. The van der Waals surface area contributed by atoms with Crippen molar-refractivity contribution in [2.75, 3.05) is 0 Å². The fourth-order valence-corrected chi connectivity index (χ4v) is 6.85. The molecule has 0 heterocycles. The van der Waals surface area contributed by atoms with Gasteiger partial charge in [0.05, 0.1) is 0 Å². The molecule has 2 nitrogen and oxygen atoms in total. The van der Waals surface area contributed by atoms with Crippen LogP contribution in [-0.2, 0) is 8.85 Å². The lowest BCUT2D eigenvalue weighted by molar-refractivity contribution is 0.0907. The maximum atomic E-state index is 6.38. The first kappa shape index (κ1) is 27.1. The quantitative estimate of drug-likeness (QED) is 0.150. The summed E-state index contributed by atoms with van der Waals surface area (Å²) in [5, 5.41) is 0. The standard InChI is InChI=1S/C24H52O2Si/c1-7-10-11-12-13-14-15-16-17-18-19-20-21-22-27(6,25-23(4)8-2)26-24(5)9-3/h23-24H,7-22H2,1-6H3. The van der Waals surface area contributed by atoms with Gasteiger partial charge in [0, 0.05) is 12.2 Å². The molecule has 0 aromatic rings. The monoisotopic (exact) mass is 400 g/mol. The summed E-state index contributed by atoms with van der Waals surface area (Å²) >= 11 is 0.